The van der Waals surface area contributed by atoms with Gasteiger partial charge in [-0.15, -0.1) is 0 Å². The highest BCUT2D eigenvalue weighted by molar-refractivity contribution is 5.98. The molecule has 2 aliphatic rings. The molecule has 0 saturated carbocycles. The summed E-state index contributed by atoms with van der Waals surface area (Å²) in [5.74, 6) is -10.1. The molecular formula is C42H52O14. The third kappa shape index (κ3) is 9.91. The lowest BCUT2D eigenvalue weighted by molar-refractivity contribution is -0.374. The number of aliphatic hydroxyl groups excluding tert-OH is 1. The van der Waals surface area contributed by atoms with E-state index in [1.54, 1.807) is 0 Å². The summed E-state index contributed by atoms with van der Waals surface area (Å²) in [6.45, 7) is 3.12. The molecule has 8 atom stereocenters. The number of carboxylic acids is 2. The van der Waals surface area contributed by atoms with E-state index in [2.05, 4.69) is 6.08 Å². The number of methoxy groups -OCH3 is 1. The van der Waals surface area contributed by atoms with E-state index in [0.717, 1.165) is 37.5 Å². The number of carbonyl (C=O) groups is 5. The summed E-state index contributed by atoms with van der Waals surface area (Å²) in [5, 5.41) is 44.3. The predicted octanol–water partition coefficient (Wildman–Crippen LogP) is 5.09. The Bertz CT molecular complexity index is 1710. The second kappa shape index (κ2) is 19.8. The van der Waals surface area contributed by atoms with Crippen molar-refractivity contribution in [1.82, 2.24) is 0 Å². The third-order valence-electron chi connectivity index (χ3n) is 10.2. The zero-order valence-electron chi connectivity index (χ0n) is 31.9. The van der Waals surface area contributed by atoms with Crippen LogP contribution in [0.25, 0.3) is 12.2 Å². The van der Waals surface area contributed by atoms with Crippen LogP contribution in [0.2, 0.25) is 0 Å². The molecule has 2 fully saturated rings. The normalized spacial score (nSPS) is 26.8. The van der Waals surface area contributed by atoms with Gasteiger partial charge in [-0.1, -0.05) is 105 Å². The fourth-order valence-corrected chi connectivity index (χ4v) is 7.27. The summed E-state index contributed by atoms with van der Waals surface area (Å²) < 4.78 is 27.3. The molecule has 14 nitrogen and oxygen atoms in total. The second-order valence-corrected chi connectivity index (χ2v) is 14.2. The van der Waals surface area contributed by atoms with Crippen LogP contribution in [-0.4, -0.2) is 98.8 Å². The smallest absolute Gasteiger partial charge is 0.344 e. The van der Waals surface area contributed by atoms with Crippen LogP contribution in [0.15, 0.2) is 72.8 Å². The van der Waals surface area contributed by atoms with Crippen LogP contribution in [0, 0.1) is 5.92 Å². The first kappa shape index (κ1) is 43.8. The Balaban J connectivity index is 1.49. The van der Waals surface area contributed by atoms with Gasteiger partial charge in [0.05, 0.1) is 7.11 Å². The molecule has 2 bridgehead atoms. The molecule has 0 radical (unpaired) electrons. The third-order valence-corrected chi connectivity index (χ3v) is 10.2. The van der Waals surface area contributed by atoms with Gasteiger partial charge in [-0.2, -0.15) is 0 Å². The van der Waals surface area contributed by atoms with Gasteiger partial charge in [-0.3, -0.25) is 9.59 Å². The molecule has 2 aromatic rings. The average Bonchev–Trinajstić information content (AvgIpc) is 3.38. The van der Waals surface area contributed by atoms with Crippen molar-refractivity contribution in [2.75, 3.05) is 7.11 Å². The van der Waals surface area contributed by atoms with E-state index in [9.17, 15) is 44.4 Å². The van der Waals surface area contributed by atoms with E-state index in [1.165, 1.54) is 6.92 Å². The number of carboxylic acid groups (broad SMARTS) is 2. The molecule has 2 saturated heterocycles. The Morgan fingerprint density at radius 1 is 0.857 bits per heavy atom. The van der Waals surface area contributed by atoms with Gasteiger partial charge in [0.15, 0.2) is 6.10 Å². The Hall–Kier alpha value is -4.89. The topological polar surface area (TPSA) is 212 Å². The minimum atomic E-state index is -3.73. The molecule has 6 unspecified atom stereocenters. The van der Waals surface area contributed by atoms with Crippen LogP contribution in [-0.2, 0) is 47.7 Å². The molecule has 56 heavy (non-hydrogen) atoms. The van der Waals surface area contributed by atoms with Crippen LogP contribution < -0.4 is 0 Å². The van der Waals surface area contributed by atoms with Crippen LogP contribution in [0.5, 0.6) is 0 Å². The van der Waals surface area contributed by atoms with Crippen LogP contribution in [0.3, 0.4) is 0 Å². The molecule has 0 spiro atoms. The van der Waals surface area contributed by atoms with Gasteiger partial charge in [-0.25, -0.2) is 14.4 Å². The number of aliphatic carboxylic acids is 2. The Morgan fingerprint density at radius 3 is 2.04 bits per heavy atom. The minimum absolute atomic E-state index is 0.0119. The van der Waals surface area contributed by atoms with E-state index in [-0.39, 0.29) is 25.2 Å². The number of esters is 3. The number of rotatable bonds is 21. The maximum atomic E-state index is 13.2. The standard InChI is InChI=1S/C42H52O14/c1-28(18-16-24-31-22-13-9-14-23-31)32(53-29(2)43)25-17-27-40-34(45)35(42(56-40,39(49)50)41(51,38(47)48)36(55-40)37(46)52-3)54-33(44)26-15-7-5-4-6-10-19-30-20-11-8-12-21-30/h8-14,16,19-24,28,32,34-36,45,51H,4-7,15,17-18,25-27H2,1-3H3,(H,47,48)(H,49,50)/b19-10+,24-16+/t28?,32?,34-,35-,36?,40?,41?,42?/m1/s1. The van der Waals surface area contributed by atoms with Crippen molar-refractivity contribution >= 4 is 42.0 Å². The molecule has 4 N–H and O–H groups in total. The van der Waals surface area contributed by atoms with Crippen LogP contribution in [0.4, 0.5) is 0 Å². The van der Waals surface area contributed by atoms with Crippen molar-refractivity contribution in [2.24, 2.45) is 5.92 Å². The van der Waals surface area contributed by atoms with Gasteiger partial charge in [0, 0.05) is 19.8 Å². The maximum absolute atomic E-state index is 13.2. The fraction of sp³-hybridized carbons (Fsp3) is 0.500. The first-order valence-corrected chi connectivity index (χ1v) is 18.8. The Kier molecular flexibility index (Phi) is 15.5. The summed E-state index contributed by atoms with van der Waals surface area (Å²) in [6.07, 6.45) is 3.61. The number of allylic oxidation sites excluding steroid dienone is 2. The van der Waals surface area contributed by atoms with Gasteiger partial charge in [-0.05, 0) is 55.6 Å². The average molecular weight is 781 g/mol. The van der Waals surface area contributed by atoms with Crippen molar-refractivity contribution in [3.63, 3.8) is 0 Å². The summed E-state index contributed by atoms with van der Waals surface area (Å²) in [6, 6.07) is 19.4. The Labute approximate surface area is 326 Å². The lowest BCUT2D eigenvalue weighted by atomic mass is 9.74. The van der Waals surface area contributed by atoms with E-state index in [1.807, 2.05) is 85.8 Å². The quantitative estimate of drug-likeness (QED) is 0.0739. The number of ether oxygens (including phenoxy) is 5. The molecular weight excluding hydrogens is 728 g/mol. The predicted molar refractivity (Wildman–Crippen MR) is 201 cm³/mol. The largest absolute Gasteiger partial charge is 0.479 e. The lowest BCUT2D eigenvalue weighted by Crippen LogP contribution is -2.78. The molecule has 14 heteroatoms. The molecule has 0 aliphatic carbocycles. The molecule has 0 amide bonds. The number of carbonyl (C=O) groups excluding carboxylic acids is 3. The molecule has 2 aliphatic heterocycles. The summed E-state index contributed by atoms with van der Waals surface area (Å²) in [7, 11) is 0.871. The highest BCUT2D eigenvalue weighted by atomic mass is 16.8. The number of hydrogen-bond acceptors (Lipinski definition) is 12. The zero-order chi connectivity index (χ0) is 40.9. The van der Waals surface area contributed by atoms with Crippen LogP contribution >= 0.6 is 0 Å². The van der Waals surface area contributed by atoms with Crippen molar-refractivity contribution < 1.29 is 68.1 Å². The second-order valence-electron chi connectivity index (χ2n) is 14.2. The number of aliphatic hydroxyl groups is 2. The first-order chi connectivity index (χ1) is 26.7. The number of hydrogen-bond donors (Lipinski definition) is 4. The number of benzene rings is 2. The first-order valence-electron chi connectivity index (χ1n) is 18.8. The van der Waals surface area contributed by atoms with Gasteiger partial charge in [0.25, 0.3) is 0 Å². The number of fused-ring (bicyclic) bond motifs is 2. The highest BCUT2D eigenvalue weighted by Gasteiger charge is 2.86. The van der Waals surface area contributed by atoms with Crippen molar-refractivity contribution in [3.05, 3.63) is 83.9 Å². The van der Waals surface area contributed by atoms with Crippen molar-refractivity contribution in [1.29, 1.82) is 0 Å². The zero-order valence-corrected chi connectivity index (χ0v) is 31.9. The molecule has 304 valence electrons. The SMILES string of the molecule is COC(=O)C1OC2(CCCC(OC(C)=O)C(C)C/C=C/c3ccccc3)OC(C(=O)O)([C@H](OC(=O)CCCCCC/C=C/c3ccccc3)[C@H]2O)C1(O)C(=O)O. The Morgan fingerprint density at radius 2 is 1.46 bits per heavy atom. The number of unbranched alkanes of at least 4 members (excludes halogenated alkanes) is 4. The monoisotopic (exact) mass is 780 g/mol. The minimum Gasteiger partial charge on any atom is -0.479 e. The van der Waals surface area contributed by atoms with Gasteiger partial charge in [0.2, 0.25) is 23.1 Å². The molecule has 4 rings (SSSR count). The summed E-state index contributed by atoms with van der Waals surface area (Å²) >= 11 is 0. The van der Waals surface area contributed by atoms with E-state index in [4.69, 9.17) is 23.7 Å². The maximum Gasteiger partial charge on any atom is 0.344 e. The lowest BCUT2D eigenvalue weighted by Gasteiger charge is -2.49. The van der Waals surface area contributed by atoms with Crippen molar-refractivity contribution in [2.45, 2.75) is 119 Å². The molecule has 2 aromatic carbocycles. The van der Waals surface area contributed by atoms with Crippen LogP contribution in [0.1, 0.15) is 89.2 Å². The van der Waals surface area contributed by atoms with Gasteiger partial charge >= 0.3 is 29.8 Å². The van der Waals surface area contributed by atoms with E-state index in [0.29, 0.717) is 19.3 Å². The van der Waals surface area contributed by atoms with E-state index < -0.39 is 77.7 Å². The summed E-state index contributed by atoms with van der Waals surface area (Å²) in [5.41, 5.74) is -5.09. The van der Waals surface area contributed by atoms with E-state index >= 15 is 0 Å². The van der Waals surface area contributed by atoms with Gasteiger partial charge < -0.3 is 44.1 Å². The van der Waals surface area contributed by atoms with Crippen molar-refractivity contribution in [3.8, 4) is 0 Å². The molecule has 2 heterocycles. The van der Waals surface area contributed by atoms with Gasteiger partial charge in [0.1, 0.15) is 12.2 Å². The fourth-order valence-electron chi connectivity index (χ4n) is 7.27. The summed E-state index contributed by atoms with van der Waals surface area (Å²) in [4.78, 5) is 64.1. The molecule has 0 aromatic heterocycles. The highest BCUT2D eigenvalue weighted by Crippen LogP contribution is 2.56.